The lowest BCUT2D eigenvalue weighted by Gasteiger charge is -2.27. The molecule has 0 bridgehead atoms. The summed E-state index contributed by atoms with van der Waals surface area (Å²) in [4.78, 5) is 62.6. The van der Waals surface area contributed by atoms with Crippen molar-refractivity contribution in [3.05, 3.63) is 35.9 Å². The first-order valence-electron chi connectivity index (χ1n) is 13.9. The molecule has 0 saturated carbocycles. The predicted molar refractivity (Wildman–Crippen MR) is 154 cm³/mol. The first-order valence-corrected chi connectivity index (χ1v) is 13.9. The number of nitrogens with one attached hydrogen (secondary N) is 4. The van der Waals surface area contributed by atoms with Gasteiger partial charge in [-0.1, -0.05) is 58.0 Å². The van der Waals surface area contributed by atoms with E-state index in [1.165, 1.54) is 21.0 Å². The molecular formula is C29H47N5O7. The van der Waals surface area contributed by atoms with Crippen molar-refractivity contribution in [3.63, 3.8) is 0 Å². The van der Waals surface area contributed by atoms with Gasteiger partial charge in [0.1, 0.15) is 18.1 Å². The van der Waals surface area contributed by atoms with Gasteiger partial charge in [0.05, 0.1) is 25.3 Å². The summed E-state index contributed by atoms with van der Waals surface area (Å²) < 4.78 is 4.77. The smallest absolute Gasteiger partial charge is 0.328 e. The molecule has 0 aliphatic carbocycles. The minimum atomic E-state index is -1.11. The molecule has 0 radical (unpaired) electrons. The third kappa shape index (κ3) is 12.3. The van der Waals surface area contributed by atoms with Crippen LogP contribution >= 0.6 is 0 Å². The SMILES string of the molecule is COC(=O)C(NC(=O)C(NC(=O)CCC(O)C(Cc1ccccc1)NC(=O)C(C)NC(=O)C(C)N)C(C)C)C(C)C. The Morgan fingerprint density at radius 2 is 1.39 bits per heavy atom. The van der Waals surface area contributed by atoms with Crippen LogP contribution in [-0.4, -0.2) is 78.1 Å². The van der Waals surface area contributed by atoms with Crippen LogP contribution in [0.25, 0.3) is 0 Å². The van der Waals surface area contributed by atoms with Gasteiger partial charge in [-0.2, -0.15) is 0 Å². The minimum Gasteiger partial charge on any atom is -0.467 e. The van der Waals surface area contributed by atoms with Crippen LogP contribution < -0.4 is 27.0 Å². The number of hydrogen-bond donors (Lipinski definition) is 6. The molecule has 6 atom stereocenters. The van der Waals surface area contributed by atoms with Gasteiger partial charge in [0, 0.05) is 6.42 Å². The maximum atomic E-state index is 12.9. The summed E-state index contributed by atoms with van der Waals surface area (Å²) in [5, 5.41) is 21.7. The van der Waals surface area contributed by atoms with Crippen LogP contribution in [0.4, 0.5) is 0 Å². The lowest BCUT2D eigenvalue weighted by Crippen LogP contribution is -2.55. The zero-order valence-corrected chi connectivity index (χ0v) is 25.1. The van der Waals surface area contributed by atoms with E-state index in [9.17, 15) is 29.1 Å². The van der Waals surface area contributed by atoms with Crippen LogP contribution in [0.1, 0.15) is 59.9 Å². The van der Waals surface area contributed by atoms with Gasteiger partial charge < -0.3 is 36.8 Å². The number of methoxy groups -OCH3 is 1. The molecule has 1 aromatic carbocycles. The van der Waals surface area contributed by atoms with Crippen molar-refractivity contribution in [1.29, 1.82) is 0 Å². The highest BCUT2D eigenvalue weighted by molar-refractivity contribution is 5.91. The number of carbonyl (C=O) groups is 5. The van der Waals surface area contributed by atoms with Gasteiger partial charge in [-0.05, 0) is 44.1 Å². The van der Waals surface area contributed by atoms with E-state index < -0.39 is 65.9 Å². The Morgan fingerprint density at radius 1 is 0.805 bits per heavy atom. The van der Waals surface area contributed by atoms with Gasteiger partial charge in [-0.15, -0.1) is 0 Å². The van der Waals surface area contributed by atoms with Gasteiger partial charge in [0.25, 0.3) is 0 Å². The summed E-state index contributed by atoms with van der Waals surface area (Å²) in [5.74, 6) is -3.08. The Hall–Kier alpha value is -3.51. The normalized spacial score (nSPS) is 15.6. The lowest BCUT2D eigenvalue weighted by atomic mass is 9.97. The highest BCUT2D eigenvalue weighted by Gasteiger charge is 2.31. The van der Waals surface area contributed by atoms with Crippen LogP contribution in [0.5, 0.6) is 0 Å². The molecule has 4 amide bonds. The fourth-order valence-corrected chi connectivity index (χ4v) is 4.00. The van der Waals surface area contributed by atoms with Crippen LogP contribution in [0.2, 0.25) is 0 Å². The van der Waals surface area contributed by atoms with Crippen molar-refractivity contribution < 1.29 is 33.8 Å². The molecule has 0 saturated heterocycles. The third-order valence-corrected chi connectivity index (χ3v) is 6.61. The quantitative estimate of drug-likeness (QED) is 0.150. The second kappa shape index (κ2) is 17.3. The van der Waals surface area contributed by atoms with E-state index in [0.29, 0.717) is 0 Å². The van der Waals surface area contributed by atoms with E-state index >= 15 is 0 Å². The lowest BCUT2D eigenvalue weighted by molar-refractivity contribution is -0.146. The molecule has 0 aliphatic heterocycles. The van der Waals surface area contributed by atoms with E-state index in [1.807, 2.05) is 30.3 Å². The number of aliphatic hydroxyl groups excluding tert-OH is 1. The highest BCUT2D eigenvalue weighted by atomic mass is 16.5. The molecular weight excluding hydrogens is 530 g/mol. The second-order valence-corrected chi connectivity index (χ2v) is 11.0. The fourth-order valence-electron chi connectivity index (χ4n) is 4.00. The Morgan fingerprint density at radius 3 is 1.90 bits per heavy atom. The molecule has 6 unspecified atom stereocenters. The van der Waals surface area contributed by atoms with Crippen molar-refractivity contribution in [2.24, 2.45) is 17.6 Å². The van der Waals surface area contributed by atoms with Crippen LogP contribution in [0, 0.1) is 11.8 Å². The highest BCUT2D eigenvalue weighted by Crippen LogP contribution is 2.12. The zero-order valence-electron chi connectivity index (χ0n) is 25.1. The molecule has 7 N–H and O–H groups in total. The molecule has 1 aromatic rings. The van der Waals surface area contributed by atoms with Crippen molar-refractivity contribution in [1.82, 2.24) is 21.3 Å². The molecule has 1 rings (SSSR count). The van der Waals surface area contributed by atoms with Crippen molar-refractivity contribution in [2.45, 2.75) is 97.1 Å². The number of amides is 4. The summed E-state index contributed by atoms with van der Waals surface area (Å²) in [5.41, 5.74) is 6.42. The Balaban J connectivity index is 2.90. The van der Waals surface area contributed by atoms with Crippen molar-refractivity contribution in [2.75, 3.05) is 7.11 Å². The van der Waals surface area contributed by atoms with Crippen molar-refractivity contribution >= 4 is 29.6 Å². The molecule has 230 valence electrons. The number of hydrogen-bond acceptors (Lipinski definition) is 8. The molecule has 12 heteroatoms. The van der Waals surface area contributed by atoms with Crippen molar-refractivity contribution in [3.8, 4) is 0 Å². The minimum absolute atomic E-state index is 0.00655. The van der Waals surface area contributed by atoms with E-state index in [-0.39, 0.29) is 31.1 Å². The summed E-state index contributed by atoms with van der Waals surface area (Å²) >= 11 is 0. The fraction of sp³-hybridized carbons (Fsp3) is 0.621. The van der Waals surface area contributed by atoms with Gasteiger partial charge >= 0.3 is 5.97 Å². The summed E-state index contributed by atoms with van der Waals surface area (Å²) in [7, 11) is 1.24. The largest absolute Gasteiger partial charge is 0.467 e. The number of carbonyl (C=O) groups excluding carboxylic acids is 5. The summed E-state index contributed by atoms with van der Waals surface area (Å²) in [6, 6.07) is 4.99. The number of esters is 1. The average Bonchev–Trinajstić information content (AvgIpc) is 2.92. The molecule has 12 nitrogen and oxygen atoms in total. The number of nitrogens with two attached hydrogens (primary N) is 1. The zero-order chi connectivity index (χ0) is 31.3. The van der Waals surface area contributed by atoms with Gasteiger partial charge in [0.15, 0.2) is 0 Å². The summed E-state index contributed by atoms with van der Waals surface area (Å²) in [6.45, 7) is 10.1. The maximum Gasteiger partial charge on any atom is 0.328 e. The van der Waals surface area contributed by atoms with E-state index in [0.717, 1.165) is 5.56 Å². The molecule has 0 fully saturated rings. The van der Waals surface area contributed by atoms with Crippen LogP contribution in [0.3, 0.4) is 0 Å². The number of aliphatic hydroxyl groups is 1. The van der Waals surface area contributed by atoms with Crippen LogP contribution in [0.15, 0.2) is 30.3 Å². The van der Waals surface area contributed by atoms with E-state index in [4.69, 9.17) is 10.5 Å². The Kier molecular flexibility index (Phi) is 15.0. The molecule has 0 heterocycles. The van der Waals surface area contributed by atoms with Crippen LogP contribution in [-0.2, 0) is 35.1 Å². The number of rotatable bonds is 16. The maximum absolute atomic E-state index is 12.9. The van der Waals surface area contributed by atoms with E-state index in [1.54, 1.807) is 27.7 Å². The summed E-state index contributed by atoms with van der Waals surface area (Å²) in [6.07, 6.45) is -0.963. The topological polar surface area (TPSA) is 189 Å². The Bertz CT molecular complexity index is 1020. The van der Waals surface area contributed by atoms with Gasteiger partial charge in [-0.25, -0.2) is 4.79 Å². The standard InChI is InChI=1S/C29H47N5O7/c1-16(2)24(28(39)34-25(17(3)4)29(40)41-7)33-23(36)14-13-22(35)21(15-20-11-9-8-10-12-20)32-27(38)19(6)31-26(37)18(5)30/h8-12,16-19,21-22,24-25,35H,13-15,30H2,1-7H3,(H,31,37)(H,32,38)(H,33,36)(H,34,39). The predicted octanol–water partition coefficient (Wildman–Crippen LogP) is 0.162. The third-order valence-electron chi connectivity index (χ3n) is 6.61. The first kappa shape index (κ1) is 35.5. The van der Waals surface area contributed by atoms with Gasteiger partial charge in [0.2, 0.25) is 23.6 Å². The first-order chi connectivity index (χ1) is 19.2. The number of benzene rings is 1. The molecule has 0 aromatic heterocycles. The van der Waals surface area contributed by atoms with E-state index in [2.05, 4.69) is 21.3 Å². The molecule has 0 aliphatic rings. The second-order valence-electron chi connectivity index (χ2n) is 11.0. The number of ether oxygens (including phenoxy) is 1. The Labute approximate surface area is 242 Å². The molecule has 41 heavy (non-hydrogen) atoms. The monoisotopic (exact) mass is 577 g/mol. The average molecular weight is 578 g/mol. The van der Waals surface area contributed by atoms with Gasteiger partial charge in [-0.3, -0.25) is 19.2 Å². The molecule has 0 spiro atoms.